The summed E-state index contributed by atoms with van der Waals surface area (Å²) in [5.41, 5.74) is 3.02. The minimum atomic E-state index is -0.411. The molecule has 10 heteroatoms. The predicted molar refractivity (Wildman–Crippen MR) is 131 cm³/mol. The first-order chi connectivity index (χ1) is 15.8. The highest BCUT2D eigenvalue weighted by Gasteiger charge is 2.17. The third kappa shape index (κ3) is 4.37. The van der Waals surface area contributed by atoms with E-state index < -0.39 is 4.92 Å². The van der Waals surface area contributed by atoms with Crippen molar-refractivity contribution in [2.75, 3.05) is 26.1 Å². The van der Waals surface area contributed by atoms with Crippen molar-refractivity contribution in [3.05, 3.63) is 74.9 Å². The molecule has 2 heterocycles. The number of nitro groups is 1. The van der Waals surface area contributed by atoms with Crippen LogP contribution in [0.4, 0.5) is 17.2 Å². The molecule has 0 saturated carbocycles. The number of pyridine rings is 1. The number of nitro benzene ring substituents is 1. The molecule has 2 aromatic heterocycles. The number of phenolic OH excluding ortho intramolecular Hbond substituents is 1. The number of anilines is 1. The Morgan fingerprint density at radius 3 is 2.70 bits per heavy atom. The van der Waals surface area contributed by atoms with Gasteiger partial charge < -0.3 is 14.7 Å². The first kappa shape index (κ1) is 22.3. The van der Waals surface area contributed by atoms with E-state index in [1.165, 1.54) is 19.2 Å². The Balaban J connectivity index is 1.86. The third-order valence-corrected chi connectivity index (χ3v) is 5.49. The Kier molecular flexibility index (Phi) is 6.01. The molecule has 4 aromatic rings. The van der Waals surface area contributed by atoms with Crippen molar-refractivity contribution in [2.45, 2.75) is 0 Å². The van der Waals surface area contributed by atoms with Gasteiger partial charge >= 0.3 is 0 Å². The van der Waals surface area contributed by atoms with E-state index in [0.717, 1.165) is 4.47 Å². The van der Waals surface area contributed by atoms with Gasteiger partial charge in [-0.1, -0.05) is 6.07 Å². The highest BCUT2D eigenvalue weighted by atomic mass is 79.9. The number of aromatic nitrogens is 2. The fraction of sp³-hybridized carbons (Fsp3) is 0.130. The van der Waals surface area contributed by atoms with Crippen LogP contribution in [0, 0.1) is 10.1 Å². The fourth-order valence-corrected chi connectivity index (χ4v) is 3.77. The number of imidazole rings is 1. The van der Waals surface area contributed by atoms with Gasteiger partial charge in [0, 0.05) is 42.6 Å². The van der Waals surface area contributed by atoms with E-state index in [1.54, 1.807) is 49.5 Å². The zero-order chi connectivity index (χ0) is 23.7. The number of hydrogen-bond acceptors (Lipinski definition) is 7. The smallest absolute Gasteiger partial charge is 0.293 e. The summed E-state index contributed by atoms with van der Waals surface area (Å²) in [7, 11) is 4.98. The van der Waals surface area contributed by atoms with Crippen LogP contribution in [0.5, 0.6) is 11.5 Å². The molecule has 0 bridgehead atoms. The van der Waals surface area contributed by atoms with Gasteiger partial charge in [0.2, 0.25) is 0 Å². The maximum Gasteiger partial charge on any atom is 0.293 e. The Morgan fingerprint density at radius 1 is 1.21 bits per heavy atom. The number of fused-ring (bicyclic) bond motifs is 1. The van der Waals surface area contributed by atoms with Gasteiger partial charge in [0.1, 0.15) is 17.0 Å². The molecule has 0 aliphatic rings. The van der Waals surface area contributed by atoms with Crippen molar-refractivity contribution in [1.82, 2.24) is 9.38 Å². The maximum atomic E-state index is 11.5. The monoisotopic (exact) mass is 509 g/mol. The Morgan fingerprint density at radius 2 is 2.00 bits per heavy atom. The molecular formula is C23H20BrN5O4. The second-order valence-electron chi connectivity index (χ2n) is 7.40. The highest BCUT2D eigenvalue weighted by molar-refractivity contribution is 9.10. The van der Waals surface area contributed by atoms with Crippen LogP contribution in [-0.2, 0) is 0 Å². The first-order valence-corrected chi connectivity index (χ1v) is 10.6. The van der Waals surface area contributed by atoms with Crippen LogP contribution in [0.3, 0.4) is 0 Å². The number of ether oxygens (including phenoxy) is 1. The number of hydrogen-bond donors (Lipinski definition) is 1. The number of aliphatic imine (C=N–C) groups is 1. The average Bonchev–Trinajstić information content (AvgIpc) is 3.15. The average molecular weight is 510 g/mol. The van der Waals surface area contributed by atoms with Gasteiger partial charge in [-0.2, -0.15) is 0 Å². The predicted octanol–water partition coefficient (Wildman–Crippen LogP) is 5.20. The summed E-state index contributed by atoms with van der Waals surface area (Å²) in [6.07, 6.45) is 3.41. The minimum absolute atomic E-state index is 0.00617. The normalized spacial score (nSPS) is 11.3. The van der Waals surface area contributed by atoms with Gasteiger partial charge in [-0.15, -0.1) is 0 Å². The molecule has 0 spiro atoms. The fourth-order valence-electron chi connectivity index (χ4n) is 3.43. The number of nitrogens with zero attached hydrogens (tertiary/aromatic N) is 5. The zero-order valence-electron chi connectivity index (χ0n) is 18.1. The maximum absolute atomic E-state index is 11.5. The summed E-state index contributed by atoms with van der Waals surface area (Å²) in [5.74, 6) is 0.861. The lowest BCUT2D eigenvalue weighted by atomic mass is 10.1. The number of benzene rings is 2. The lowest BCUT2D eigenvalue weighted by molar-refractivity contribution is -0.384. The second kappa shape index (κ2) is 8.91. The van der Waals surface area contributed by atoms with Crippen molar-refractivity contribution >= 4 is 45.0 Å². The molecule has 0 radical (unpaired) electrons. The molecule has 0 aliphatic carbocycles. The van der Waals surface area contributed by atoms with Gasteiger partial charge in [-0.25, -0.2) is 9.98 Å². The Labute approximate surface area is 197 Å². The summed E-state index contributed by atoms with van der Waals surface area (Å²) in [4.78, 5) is 22.2. The molecule has 0 atom stereocenters. The van der Waals surface area contributed by atoms with Crippen LogP contribution in [0.25, 0.3) is 16.9 Å². The van der Waals surface area contributed by atoms with E-state index in [4.69, 9.17) is 9.72 Å². The van der Waals surface area contributed by atoms with E-state index in [9.17, 15) is 15.2 Å². The number of methoxy groups -OCH3 is 1. The standard InChI is InChI=1S/C23H20BrN5O4/c1-27(2)17-7-4-14(10-18(17)29(31)32)12-25-23-22(15-5-8-19(30)20(11-15)33-3)26-21-9-6-16(24)13-28(21)23/h4-13,30H,1-3H3. The summed E-state index contributed by atoms with van der Waals surface area (Å²) < 4.78 is 7.89. The lowest BCUT2D eigenvalue weighted by Crippen LogP contribution is -2.11. The van der Waals surface area contributed by atoms with E-state index in [1.807, 2.05) is 22.7 Å². The number of halogens is 1. The molecule has 0 unspecified atom stereocenters. The molecular weight excluding hydrogens is 490 g/mol. The molecule has 4 rings (SSSR count). The number of aromatic hydroxyl groups is 1. The number of rotatable bonds is 6. The van der Waals surface area contributed by atoms with Crippen molar-refractivity contribution in [2.24, 2.45) is 4.99 Å². The van der Waals surface area contributed by atoms with Crippen molar-refractivity contribution < 1.29 is 14.8 Å². The topological polar surface area (TPSA) is 106 Å². The largest absolute Gasteiger partial charge is 0.504 e. The first-order valence-electron chi connectivity index (χ1n) is 9.83. The van der Waals surface area contributed by atoms with Crippen LogP contribution < -0.4 is 9.64 Å². The lowest BCUT2D eigenvalue weighted by Gasteiger charge is -2.12. The van der Waals surface area contributed by atoms with E-state index in [-0.39, 0.29) is 11.4 Å². The molecule has 0 aliphatic heterocycles. The second-order valence-corrected chi connectivity index (χ2v) is 8.32. The number of phenols is 1. The van der Waals surface area contributed by atoms with Crippen molar-refractivity contribution in [3.63, 3.8) is 0 Å². The SMILES string of the molecule is COc1cc(-c2nc3ccc(Br)cn3c2N=Cc2ccc(N(C)C)c([N+](=O)[O-])c2)ccc1O. The Bertz CT molecular complexity index is 1400. The Hall–Kier alpha value is -3.92. The molecule has 2 aromatic carbocycles. The van der Waals surface area contributed by atoms with Gasteiger partial charge in [0.15, 0.2) is 17.3 Å². The molecule has 33 heavy (non-hydrogen) atoms. The van der Waals surface area contributed by atoms with Crippen LogP contribution in [0.2, 0.25) is 0 Å². The summed E-state index contributed by atoms with van der Waals surface area (Å²) in [6.45, 7) is 0. The molecule has 9 nitrogen and oxygen atoms in total. The van der Waals surface area contributed by atoms with E-state index in [0.29, 0.717) is 39.7 Å². The molecule has 0 fully saturated rings. The van der Waals surface area contributed by atoms with Gasteiger partial charge in [-0.3, -0.25) is 14.5 Å². The van der Waals surface area contributed by atoms with Crippen LogP contribution >= 0.6 is 15.9 Å². The van der Waals surface area contributed by atoms with Gasteiger partial charge in [0.05, 0.1) is 12.0 Å². The van der Waals surface area contributed by atoms with E-state index in [2.05, 4.69) is 20.9 Å². The summed E-state index contributed by atoms with van der Waals surface area (Å²) >= 11 is 3.47. The van der Waals surface area contributed by atoms with Crippen LogP contribution in [0.15, 0.2) is 64.2 Å². The molecule has 0 saturated heterocycles. The third-order valence-electron chi connectivity index (χ3n) is 5.02. The quantitative estimate of drug-likeness (QED) is 0.217. The van der Waals surface area contributed by atoms with Crippen molar-refractivity contribution in [1.29, 1.82) is 0 Å². The van der Waals surface area contributed by atoms with Gasteiger partial charge in [-0.05, 0) is 57.9 Å². The van der Waals surface area contributed by atoms with Gasteiger partial charge in [0.25, 0.3) is 5.69 Å². The molecule has 1 N–H and O–H groups in total. The minimum Gasteiger partial charge on any atom is -0.504 e. The highest BCUT2D eigenvalue weighted by Crippen LogP contribution is 2.37. The molecule has 0 amide bonds. The molecule has 168 valence electrons. The van der Waals surface area contributed by atoms with E-state index >= 15 is 0 Å². The summed E-state index contributed by atoms with van der Waals surface area (Å²) in [6, 6.07) is 13.6. The van der Waals surface area contributed by atoms with Crippen LogP contribution in [0.1, 0.15) is 5.56 Å². The van der Waals surface area contributed by atoms with Crippen LogP contribution in [-0.4, -0.2) is 46.8 Å². The summed E-state index contributed by atoms with van der Waals surface area (Å²) in [5, 5.41) is 21.5. The zero-order valence-corrected chi connectivity index (χ0v) is 19.6. The van der Waals surface area contributed by atoms with Crippen molar-refractivity contribution in [3.8, 4) is 22.8 Å².